The Kier molecular flexibility index (Phi) is 5.97. The van der Waals surface area contributed by atoms with Crippen molar-refractivity contribution in [3.8, 4) is 6.07 Å². The summed E-state index contributed by atoms with van der Waals surface area (Å²) < 4.78 is 0. The first-order chi connectivity index (χ1) is 7.15. The molecule has 0 saturated carbocycles. The first-order valence-electron chi connectivity index (χ1n) is 3.87. The molecule has 0 aliphatic heterocycles. The number of carbonyl (C=O) groups is 2. The van der Waals surface area contributed by atoms with Gasteiger partial charge in [-0.25, -0.2) is 4.79 Å². The molecule has 2 N–H and O–H groups in total. The number of nitriles is 1. The summed E-state index contributed by atoms with van der Waals surface area (Å²) in [5, 5.41) is 15.7. The maximum absolute atomic E-state index is 11.1. The highest BCUT2D eigenvalue weighted by Crippen LogP contribution is 1.79. The molecular weight excluding hydrogens is 200 g/mol. The van der Waals surface area contributed by atoms with Gasteiger partial charge in [0.15, 0.2) is 0 Å². The quantitative estimate of drug-likeness (QED) is 0.371. The van der Waals surface area contributed by atoms with Crippen LogP contribution in [0.25, 0.3) is 0 Å². The number of rotatable bonds is 4. The Labute approximate surface area is 86.4 Å². The van der Waals surface area contributed by atoms with Crippen molar-refractivity contribution >= 4 is 17.6 Å². The van der Waals surface area contributed by atoms with Gasteiger partial charge in [-0.15, -0.1) is 6.58 Å². The highest BCUT2D eigenvalue weighted by molar-refractivity contribution is 6.46. The number of urea groups is 1. The van der Waals surface area contributed by atoms with Gasteiger partial charge in [-0.3, -0.25) is 10.1 Å². The van der Waals surface area contributed by atoms with Crippen molar-refractivity contribution < 1.29 is 14.4 Å². The van der Waals surface area contributed by atoms with Gasteiger partial charge in [-0.1, -0.05) is 11.2 Å². The van der Waals surface area contributed by atoms with Crippen LogP contribution in [0, 0.1) is 11.3 Å². The standard InChI is InChI=1S/C8H10N4O3/c1-3-4-10-8(14)11-7(13)6(5-9)12-15-2/h3H,1,4H2,2H3,(H2,10,11,13,14). The maximum Gasteiger partial charge on any atom is 0.322 e. The van der Waals surface area contributed by atoms with Gasteiger partial charge in [0.05, 0.1) is 0 Å². The zero-order chi connectivity index (χ0) is 11.7. The number of hydrogen-bond acceptors (Lipinski definition) is 5. The van der Waals surface area contributed by atoms with Crippen LogP contribution in [0.2, 0.25) is 0 Å². The van der Waals surface area contributed by atoms with Crippen LogP contribution in [-0.2, 0) is 9.63 Å². The molecule has 0 spiro atoms. The second kappa shape index (κ2) is 7.08. The molecule has 0 aliphatic carbocycles. The predicted octanol–water partition coefficient (Wildman–Crippen LogP) is -0.476. The van der Waals surface area contributed by atoms with Gasteiger partial charge >= 0.3 is 6.03 Å². The minimum atomic E-state index is -0.930. The third-order valence-corrected chi connectivity index (χ3v) is 1.14. The molecule has 0 saturated heterocycles. The first kappa shape index (κ1) is 12.6. The summed E-state index contributed by atoms with van der Waals surface area (Å²) in [5.74, 6) is -0.930. The van der Waals surface area contributed by atoms with E-state index in [1.54, 1.807) is 0 Å². The van der Waals surface area contributed by atoms with Crippen molar-refractivity contribution in [1.82, 2.24) is 10.6 Å². The number of hydrogen-bond donors (Lipinski definition) is 2. The van der Waals surface area contributed by atoms with Gasteiger partial charge in [0.1, 0.15) is 13.2 Å². The largest absolute Gasteiger partial charge is 0.398 e. The van der Waals surface area contributed by atoms with Gasteiger partial charge < -0.3 is 10.2 Å². The molecular formula is C8H10N4O3. The Morgan fingerprint density at radius 2 is 2.33 bits per heavy atom. The molecule has 3 amide bonds. The summed E-state index contributed by atoms with van der Waals surface area (Å²) in [6.45, 7) is 3.58. The molecule has 0 heterocycles. The summed E-state index contributed by atoms with van der Waals surface area (Å²) in [6, 6.07) is 0.740. The fourth-order valence-electron chi connectivity index (χ4n) is 0.575. The molecule has 0 aromatic rings. The van der Waals surface area contributed by atoms with Gasteiger partial charge in [0, 0.05) is 6.54 Å². The minimum absolute atomic E-state index is 0.211. The molecule has 0 atom stereocenters. The Morgan fingerprint density at radius 3 is 2.80 bits per heavy atom. The smallest absolute Gasteiger partial charge is 0.322 e. The van der Waals surface area contributed by atoms with Crippen LogP contribution in [0.5, 0.6) is 0 Å². The van der Waals surface area contributed by atoms with E-state index in [0.29, 0.717) is 0 Å². The molecule has 0 bridgehead atoms. The number of carbonyl (C=O) groups excluding carboxylic acids is 2. The summed E-state index contributed by atoms with van der Waals surface area (Å²) in [5.41, 5.74) is -0.536. The molecule has 80 valence electrons. The monoisotopic (exact) mass is 210 g/mol. The van der Waals surface area contributed by atoms with Crippen molar-refractivity contribution in [2.24, 2.45) is 5.16 Å². The molecule has 0 fully saturated rings. The van der Waals surface area contributed by atoms with Crippen LogP contribution in [0.3, 0.4) is 0 Å². The lowest BCUT2D eigenvalue weighted by Crippen LogP contribution is -2.42. The maximum atomic E-state index is 11.1. The van der Waals surface area contributed by atoms with Gasteiger partial charge in [-0.05, 0) is 0 Å². The average molecular weight is 210 g/mol. The number of oxime groups is 1. The SMILES string of the molecule is C=CCNC(=O)NC(=O)C(C#N)=NOC. The van der Waals surface area contributed by atoms with E-state index in [9.17, 15) is 9.59 Å². The lowest BCUT2D eigenvalue weighted by atomic mass is 10.4. The van der Waals surface area contributed by atoms with Crippen molar-refractivity contribution in [2.45, 2.75) is 0 Å². The molecule has 7 nitrogen and oxygen atoms in total. The van der Waals surface area contributed by atoms with Gasteiger partial charge in [0.2, 0.25) is 5.71 Å². The van der Waals surface area contributed by atoms with Crippen LogP contribution in [0.4, 0.5) is 4.79 Å². The van der Waals surface area contributed by atoms with Gasteiger partial charge in [0.25, 0.3) is 5.91 Å². The van der Waals surface area contributed by atoms with Crippen LogP contribution < -0.4 is 10.6 Å². The van der Waals surface area contributed by atoms with Crippen molar-refractivity contribution in [2.75, 3.05) is 13.7 Å². The fourth-order valence-corrected chi connectivity index (χ4v) is 0.575. The molecule has 0 aromatic carbocycles. The lowest BCUT2D eigenvalue weighted by Gasteiger charge is -2.02. The zero-order valence-corrected chi connectivity index (χ0v) is 8.11. The first-order valence-corrected chi connectivity index (χ1v) is 3.87. The summed E-state index contributed by atoms with van der Waals surface area (Å²) in [4.78, 5) is 26.3. The third kappa shape index (κ3) is 5.05. The summed E-state index contributed by atoms with van der Waals surface area (Å²) in [6.07, 6.45) is 1.44. The predicted molar refractivity (Wildman–Crippen MR) is 51.8 cm³/mol. The number of nitrogens with zero attached hydrogens (tertiary/aromatic N) is 2. The average Bonchev–Trinajstić information content (AvgIpc) is 2.22. The van der Waals surface area contributed by atoms with E-state index in [1.165, 1.54) is 19.3 Å². The highest BCUT2D eigenvalue weighted by atomic mass is 16.6. The zero-order valence-electron chi connectivity index (χ0n) is 8.11. The molecule has 7 heteroatoms. The molecule has 0 unspecified atom stereocenters. The normalized spacial score (nSPS) is 9.73. The summed E-state index contributed by atoms with van der Waals surface area (Å²) in [7, 11) is 1.18. The number of imide groups is 1. The van der Waals surface area contributed by atoms with Crippen molar-refractivity contribution in [3.05, 3.63) is 12.7 Å². The van der Waals surface area contributed by atoms with E-state index in [0.717, 1.165) is 0 Å². The summed E-state index contributed by atoms with van der Waals surface area (Å²) >= 11 is 0. The van der Waals surface area contributed by atoms with E-state index < -0.39 is 17.6 Å². The Bertz CT molecular complexity index is 329. The van der Waals surface area contributed by atoms with E-state index >= 15 is 0 Å². The molecule has 0 aliphatic rings. The third-order valence-electron chi connectivity index (χ3n) is 1.14. The van der Waals surface area contributed by atoms with E-state index in [2.05, 4.69) is 21.9 Å². The van der Waals surface area contributed by atoms with Gasteiger partial charge in [-0.2, -0.15) is 5.26 Å². The van der Waals surface area contributed by atoms with Crippen LogP contribution in [0.1, 0.15) is 0 Å². The Balaban J connectivity index is 4.24. The van der Waals surface area contributed by atoms with Crippen LogP contribution in [0.15, 0.2) is 17.8 Å². The van der Waals surface area contributed by atoms with Crippen molar-refractivity contribution in [1.29, 1.82) is 5.26 Å². The highest BCUT2D eigenvalue weighted by Gasteiger charge is 2.14. The van der Waals surface area contributed by atoms with E-state index in [4.69, 9.17) is 5.26 Å². The number of amides is 3. The lowest BCUT2D eigenvalue weighted by molar-refractivity contribution is -0.113. The fraction of sp³-hybridized carbons (Fsp3) is 0.250. The van der Waals surface area contributed by atoms with E-state index in [-0.39, 0.29) is 6.54 Å². The van der Waals surface area contributed by atoms with Crippen LogP contribution in [-0.4, -0.2) is 31.3 Å². The molecule has 0 aromatic heterocycles. The second-order valence-electron chi connectivity index (χ2n) is 2.19. The Morgan fingerprint density at radius 1 is 1.67 bits per heavy atom. The minimum Gasteiger partial charge on any atom is -0.398 e. The topological polar surface area (TPSA) is 104 Å². The Hall–Kier alpha value is -2.36. The van der Waals surface area contributed by atoms with Crippen LogP contribution >= 0.6 is 0 Å². The molecule has 15 heavy (non-hydrogen) atoms. The molecule has 0 rings (SSSR count). The molecule has 0 radical (unpaired) electrons. The second-order valence-corrected chi connectivity index (χ2v) is 2.19. The number of nitrogens with one attached hydrogen (secondary N) is 2. The van der Waals surface area contributed by atoms with E-state index in [1.807, 2.05) is 5.32 Å². The van der Waals surface area contributed by atoms with Crippen molar-refractivity contribution in [3.63, 3.8) is 0 Å².